The zero-order valence-corrected chi connectivity index (χ0v) is 10.0. The summed E-state index contributed by atoms with van der Waals surface area (Å²) in [7, 11) is 0. The van der Waals surface area contributed by atoms with Gasteiger partial charge in [0.05, 0.1) is 30.5 Å². The number of H-pyrrole nitrogens is 1. The van der Waals surface area contributed by atoms with Crippen molar-refractivity contribution >= 4 is 17.3 Å². The van der Waals surface area contributed by atoms with Crippen molar-refractivity contribution in [3.8, 4) is 0 Å². The molecule has 0 aliphatic heterocycles. The van der Waals surface area contributed by atoms with Gasteiger partial charge in [0, 0.05) is 12.7 Å². The molecule has 17 heavy (non-hydrogen) atoms. The number of nitrogens with zero attached hydrogens (tertiary/aromatic N) is 3. The van der Waals surface area contributed by atoms with Crippen LogP contribution in [0.3, 0.4) is 0 Å². The Kier molecular flexibility index (Phi) is 3.43. The average molecular weight is 254 g/mol. The van der Waals surface area contributed by atoms with Gasteiger partial charge in [-0.2, -0.15) is 5.10 Å². The predicted octanol–water partition coefficient (Wildman–Crippen LogP) is 1.25. The lowest BCUT2D eigenvalue weighted by Gasteiger charge is -2.08. The van der Waals surface area contributed by atoms with E-state index in [1.54, 1.807) is 18.7 Å². The second-order valence-corrected chi connectivity index (χ2v) is 3.80. The number of aryl methyl sites for hydroxylation is 1. The molecule has 0 aliphatic rings. The van der Waals surface area contributed by atoms with Crippen molar-refractivity contribution in [2.75, 3.05) is 5.32 Å². The first kappa shape index (κ1) is 11.7. The number of aromatic amines is 1. The molecule has 0 fully saturated rings. The van der Waals surface area contributed by atoms with Gasteiger partial charge in [-0.3, -0.25) is 4.79 Å². The first-order valence-corrected chi connectivity index (χ1v) is 5.57. The summed E-state index contributed by atoms with van der Waals surface area (Å²) in [6.07, 6.45) is 4.83. The highest BCUT2D eigenvalue weighted by Gasteiger charge is 2.07. The normalized spacial score (nSPS) is 10.5. The van der Waals surface area contributed by atoms with E-state index in [1.807, 2.05) is 6.92 Å². The van der Waals surface area contributed by atoms with Crippen LogP contribution in [0.2, 0.25) is 5.02 Å². The van der Waals surface area contributed by atoms with Gasteiger partial charge in [-0.05, 0) is 6.92 Å². The molecular formula is C10H12ClN5O. The standard InChI is InChI=1S/C10H12ClN5O/c1-2-16-10(17)9(11)8(5-15-16)13-4-7-3-12-6-14-7/h3,5-6,13H,2,4H2,1H3,(H,12,14). The molecule has 2 N–H and O–H groups in total. The molecule has 90 valence electrons. The van der Waals surface area contributed by atoms with Crippen LogP contribution in [-0.4, -0.2) is 19.7 Å². The van der Waals surface area contributed by atoms with Crippen LogP contribution < -0.4 is 10.9 Å². The van der Waals surface area contributed by atoms with Gasteiger partial charge in [0.15, 0.2) is 0 Å². The second kappa shape index (κ2) is 5.01. The molecular weight excluding hydrogens is 242 g/mol. The van der Waals surface area contributed by atoms with E-state index >= 15 is 0 Å². The first-order valence-electron chi connectivity index (χ1n) is 5.19. The topological polar surface area (TPSA) is 75.6 Å². The summed E-state index contributed by atoms with van der Waals surface area (Å²) in [6.45, 7) is 2.85. The third-order valence-electron chi connectivity index (χ3n) is 2.31. The summed E-state index contributed by atoms with van der Waals surface area (Å²) in [5.74, 6) is 0. The monoisotopic (exact) mass is 253 g/mol. The highest BCUT2D eigenvalue weighted by Crippen LogP contribution is 2.15. The number of anilines is 1. The quantitative estimate of drug-likeness (QED) is 0.860. The fourth-order valence-electron chi connectivity index (χ4n) is 1.39. The summed E-state index contributed by atoms with van der Waals surface area (Å²) in [5, 5.41) is 7.17. The minimum Gasteiger partial charge on any atom is -0.377 e. The third-order valence-corrected chi connectivity index (χ3v) is 2.67. The van der Waals surface area contributed by atoms with Crippen molar-refractivity contribution in [3.63, 3.8) is 0 Å². The van der Waals surface area contributed by atoms with Gasteiger partial charge in [-0.25, -0.2) is 9.67 Å². The number of rotatable bonds is 4. The molecule has 2 aromatic heterocycles. The Balaban J connectivity index is 2.17. The minimum atomic E-state index is -0.288. The van der Waals surface area contributed by atoms with Gasteiger partial charge < -0.3 is 10.3 Å². The summed E-state index contributed by atoms with van der Waals surface area (Å²) in [4.78, 5) is 18.5. The maximum atomic E-state index is 11.7. The summed E-state index contributed by atoms with van der Waals surface area (Å²) < 4.78 is 1.31. The van der Waals surface area contributed by atoms with Gasteiger partial charge in [0.1, 0.15) is 5.02 Å². The summed E-state index contributed by atoms with van der Waals surface area (Å²) in [6, 6.07) is 0. The van der Waals surface area contributed by atoms with E-state index in [1.165, 1.54) is 4.68 Å². The zero-order chi connectivity index (χ0) is 12.3. The predicted molar refractivity (Wildman–Crippen MR) is 65.1 cm³/mol. The van der Waals surface area contributed by atoms with Crippen LogP contribution >= 0.6 is 11.6 Å². The molecule has 0 aromatic carbocycles. The Labute approximate surface area is 103 Å². The van der Waals surface area contributed by atoms with Crippen molar-refractivity contribution in [1.29, 1.82) is 0 Å². The van der Waals surface area contributed by atoms with Gasteiger partial charge in [0.25, 0.3) is 5.56 Å². The molecule has 2 heterocycles. The Morgan fingerprint density at radius 1 is 1.53 bits per heavy atom. The highest BCUT2D eigenvalue weighted by molar-refractivity contribution is 6.32. The molecule has 2 aromatic rings. The Bertz CT molecular complexity index is 548. The maximum Gasteiger partial charge on any atom is 0.287 e. The molecule has 0 amide bonds. The van der Waals surface area contributed by atoms with E-state index in [2.05, 4.69) is 20.4 Å². The molecule has 0 atom stereocenters. The van der Waals surface area contributed by atoms with Crippen molar-refractivity contribution < 1.29 is 0 Å². The van der Waals surface area contributed by atoms with Gasteiger partial charge in [-0.15, -0.1) is 0 Å². The minimum absolute atomic E-state index is 0.154. The van der Waals surface area contributed by atoms with Crippen molar-refractivity contribution in [3.05, 3.63) is 39.8 Å². The number of aromatic nitrogens is 4. The number of nitrogens with one attached hydrogen (secondary N) is 2. The fraction of sp³-hybridized carbons (Fsp3) is 0.300. The van der Waals surface area contributed by atoms with E-state index < -0.39 is 0 Å². The van der Waals surface area contributed by atoms with Crippen LogP contribution in [-0.2, 0) is 13.1 Å². The molecule has 0 saturated heterocycles. The molecule has 0 radical (unpaired) electrons. The lowest BCUT2D eigenvalue weighted by atomic mass is 10.4. The van der Waals surface area contributed by atoms with Crippen LogP contribution in [0.25, 0.3) is 0 Å². The summed E-state index contributed by atoms with van der Waals surface area (Å²) in [5.41, 5.74) is 1.14. The van der Waals surface area contributed by atoms with Crippen LogP contribution in [0.5, 0.6) is 0 Å². The molecule has 7 heteroatoms. The second-order valence-electron chi connectivity index (χ2n) is 3.42. The van der Waals surface area contributed by atoms with E-state index in [4.69, 9.17) is 11.6 Å². The number of hydrogen-bond acceptors (Lipinski definition) is 4. The van der Waals surface area contributed by atoms with Crippen LogP contribution in [0.4, 0.5) is 5.69 Å². The lowest BCUT2D eigenvalue weighted by Crippen LogP contribution is -2.23. The number of imidazole rings is 1. The van der Waals surface area contributed by atoms with Gasteiger partial charge >= 0.3 is 0 Å². The van der Waals surface area contributed by atoms with E-state index in [0.717, 1.165) is 5.69 Å². The van der Waals surface area contributed by atoms with Crippen LogP contribution in [0, 0.1) is 0 Å². The molecule has 6 nitrogen and oxygen atoms in total. The van der Waals surface area contributed by atoms with E-state index in [-0.39, 0.29) is 10.6 Å². The van der Waals surface area contributed by atoms with Crippen molar-refractivity contribution in [2.24, 2.45) is 0 Å². The molecule has 0 saturated carbocycles. The SMILES string of the molecule is CCn1ncc(NCc2cnc[nH]2)c(Cl)c1=O. The van der Waals surface area contributed by atoms with E-state index in [9.17, 15) is 4.79 Å². The smallest absolute Gasteiger partial charge is 0.287 e. The van der Waals surface area contributed by atoms with Crippen LogP contribution in [0.15, 0.2) is 23.5 Å². The van der Waals surface area contributed by atoms with Gasteiger partial charge in [0.2, 0.25) is 0 Å². The number of hydrogen-bond donors (Lipinski definition) is 2. The molecule has 2 rings (SSSR count). The molecule has 0 bridgehead atoms. The first-order chi connectivity index (χ1) is 8.22. The van der Waals surface area contributed by atoms with Crippen molar-refractivity contribution in [1.82, 2.24) is 19.7 Å². The molecule has 0 spiro atoms. The Morgan fingerprint density at radius 3 is 3.00 bits per heavy atom. The summed E-state index contributed by atoms with van der Waals surface area (Å²) >= 11 is 5.96. The van der Waals surface area contributed by atoms with E-state index in [0.29, 0.717) is 18.8 Å². The molecule has 0 aliphatic carbocycles. The maximum absolute atomic E-state index is 11.7. The highest BCUT2D eigenvalue weighted by atomic mass is 35.5. The van der Waals surface area contributed by atoms with Gasteiger partial charge in [-0.1, -0.05) is 11.6 Å². The average Bonchev–Trinajstić information content (AvgIpc) is 2.84. The lowest BCUT2D eigenvalue weighted by molar-refractivity contribution is 0.616. The zero-order valence-electron chi connectivity index (χ0n) is 9.27. The fourth-order valence-corrected chi connectivity index (χ4v) is 1.60. The van der Waals surface area contributed by atoms with Crippen molar-refractivity contribution in [2.45, 2.75) is 20.0 Å². The largest absolute Gasteiger partial charge is 0.377 e. The van der Waals surface area contributed by atoms with Crippen LogP contribution in [0.1, 0.15) is 12.6 Å². The third kappa shape index (κ3) is 2.47. The molecule has 0 unspecified atom stereocenters. The Morgan fingerprint density at radius 2 is 2.35 bits per heavy atom. The Hall–Kier alpha value is -1.82. The number of halogens is 1.